The Balaban J connectivity index is 2.85. The van der Waals surface area contributed by atoms with Crippen LogP contribution in [0.3, 0.4) is 0 Å². The van der Waals surface area contributed by atoms with Crippen LogP contribution in [0.15, 0.2) is 11.4 Å². The van der Waals surface area contributed by atoms with Crippen LogP contribution >= 0.6 is 23.4 Å². The van der Waals surface area contributed by atoms with E-state index in [4.69, 9.17) is 17.3 Å². The maximum atomic E-state index is 5.89. The van der Waals surface area contributed by atoms with Crippen LogP contribution < -0.4 is 5.73 Å². The highest BCUT2D eigenvalue weighted by atomic mass is 35.5. The summed E-state index contributed by atoms with van der Waals surface area (Å²) in [4.78, 5) is 8.12. The Morgan fingerprint density at radius 3 is 3.00 bits per heavy atom. The number of nitrogens with zero attached hydrogens (tertiary/aromatic N) is 2. The number of aromatic nitrogens is 2. The van der Waals surface area contributed by atoms with Crippen molar-refractivity contribution in [1.29, 1.82) is 0 Å². The van der Waals surface area contributed by atoms with Gasteiger partial charge in [0.05, 0.1) is 5.56 Å². The lowest BCUT2D eigenvalue weighted by atomic mass is 10.3. The van der Waals surface area contributed by atoms with Crippen molar-refractivity contribution < 1.29 is 0 Å². The van der Waals surface area contributed by atoms with E-state index in [9.17, 15) is 0 Å². The van der Waals surface area contributed by atoms with Crippen LogP contribution in [-0.4, -0.2) is 22.8 Å². The zero-order chi connectivity index (χ0) is 10.4. The lowest BCUT2D eigenvalue weighted by Gasteiger charge is -1.96. The Kier molecular flexibility index (Phi) is 4.74. The minimum atomic E-state index is 0.397. The topological polar surface area (TPSA) is 51.8 Å². The van der Waals surface area contributed by atoms with Gasteiger partial charge in [-0.3, -0.25) is 0 Å². The van der Waals surface area contributed by atoms with Crippen molar-refractivity contribution in [3.63, 3.8) is 0 Å². The predicted octanol–water partition coefficient (Wildman–Crippen LogP) is 1.55. The van der Waals surface area contributed by atoms with Gasteiger partial charge in [0.2, 0.25) is 0 Å². The summed E-state index contributed by atoms with van der Waals surface area (Å²) >= 11 is 7.33. The molecule has 0 bridgehead atoms. The van der Waals surface area contributed by atoms with Crippen molar-refractivity contribution in [1.82, 2.24) is 9.97 Å². The van der Waals surface area contributed by atoms with Gasteiger partial charge in [-0.15, -0.1) is 0 Å². The van der Waals surface area contributed by atoms with E-state index < -0.39 is 0 Å². The Labute approximate surface area is 92.5 Å². The first kappa shape index (κ1) is 11.3. The van der Waals surface area contributed by atoms with Crippen LogP contribution in [0.5, 0.6) is 0 Å². The second kappa shape index (κ2) is 5.86. The van der Waals surface area contributed by atoms with E-state index in [1.807, 2.05) is 6.26 Å². The largest absolute Gasteiger partial charge is 0.330 e. The van der Waals surface area contributed by atoms with Gasteiger partial charge in [0.15, 0.2) is 5.16 Å². The molecule has 1 aromatic heterocycles. The summed E-state index contributed by atoms with van der Waals surface area (Å²) in [7, 11) is 0. The molecular formula is C9H10ClN3S. The molecule has 0 aromatic carbocycles. The quantitative estimate of drug-likeness (QED) is 0.361. The molecule has 0 atom stereocenters. The van der Waals surface area contributed by atoms with Gasteiger partial charge in [0.25, 0.3) is 0 Å². The molecule has 5 heteroatoms. The van der Waals surface area contributed by atoms with Crippen LogP contribution in [-0.2, 0) is 0 Å². The third-order valence-corrected chi connectivity index (χ3v) is 2.25. The molecule has 14 heavy (non-hydrogen) atoms. The highest BCUT2D eigenvalue weighted by molar-refractivity contribution is 7.98. The van der Waals surface area contributed by atoms with Crippen molar-refractivity contribution in [2.75, 3.05) is 12.8 Å². The van der Waals surface area contributed by atoms with Crippen LogP contribution in [0, 0.1) is 11.8 Å². The predicted molar refractivity (Wildman–Crippen MR) is 59.4 cm³/mol. The smallest absolute Gasteiger partial charge is 0.188 e. The molecule has 0 saturated carbocycles. The highest BCUT2D eigenvalue weighted by Crippen LogP contribution is 2.15. The van der Waals surface area contributed by atoms with Crippen LogP contribution in [0.4, 0.5) is 0 Å². The van der Waals surface area contributed by atoms with Crippen LogP contribution in [0.1, 0.15) is 12.0 Å². The molecule has 3 nitrogen and oxygen atoms in total. The van der Waals surface area contributed by atoms with Crippen molar-refractivity contribution in [3.05, 3.63) is 16.9 Å². The van der Waals surface area contributed by atoms with Crippen molar-refractivity contribution in [3.8, 4) is 11.8 Å². The molecule has 0 aliphatic carbocycles. The number of halogens is 1. The summed E-state index contributed by atoms with van der Waals surface area (Å²) in [6.45, 7) is 0.550. The van der Waals surface area contributed by atoms with E-state index in [0.29, 0.717) is 28.8 Å². The fourth-order valence-corrected chi connectivity index (χ4v) is 1.33. The number of hydrogen-bond donors (Lipinski definition) is 1. The Hall–Kier alpha value is -0.760. The molecule has 1 aromatic rings. The van der Waals surface area contributed by atoms with E-state index >= 15 is 0 Å². The zero-order valence-corrected chi connectivity index (χ0v) is 9.32. The van der Waals surface area contributed by atoms with Crippen LogP contribution in [0.2, 0.25) is 5.15 Å². The highest BCUT2D eigenvalue weighted by Gasteiger charge is 2.00. The lowest BCUT2D eigenvalue weighted by molar-refractivity contribution is 0.964. The van der Waals surface area contributed by atoms with E-state index in [1.165, 1.54) is 11.8 Å². The fourth-order valence-electron chi connectivity index (χ4n) is 0.758. The number of hydrogen-bond acceptors (Lipinski definition) is 4. The molecule has 0 spiro atoms. The maximum absolute atomic E-state index is 5.89. The van der Waals surface area contributed by atoms with Gasteiger partial charge in [-0.25, -0.2) is 9.97 Å². The summed E-state index contributed by atoms with van der Waals surface area (Å²) in [6, 6.07) is 0. The van der Waals surface area contributed by atoms with Gasteiger partial charge in [-0.05, 0) is 6.26 Å². The van der Waals surface area contributed by atoms with Gasteiger partial charge in [0.1, 0.15) is 5.15 Å². The number of nitrogens with two attached hydrogens (primary N) is 1. The monoisotopic (exact) mass is 227 g/mol. The molecule has 0 fully saturated rings. The first-order chi connectivity index (χ1) is 6.77. The van der Waals surface area contributed by atoms with E-state index in [0.717, 1.165) is 0 Å². The van der Waals surface area contributed by atoms with Gasteiger partial charge in [-0.2, -0.15) is 0 Å². The molecule has 0 aliphatic heterocycles. The second-order valence-corrected chi connectivity index (χ2v) is 3.53. The van der Waals surface area contributed by atoms with Gasteiger partial charge in [-0.1, -0.05) is 35.2 Å². The Morgan fingerprint density at radius 1 is 1.64 bits per heavy atom. The van der Waals surface area contributed by atoms with Gasteiger partial charge in [0, 0.05) is 19.2 Å². The van der Waals surface area contributed by atoms with Gasteiger partial charge >= 0.3 is 0 Å². The third-order valence-electron chi connectivity index (χ3n) is 1.40. The molecule has 1 heterocycles. The summed E-state index contributed by atoms with van der Waals surface area (Å²) in [5, 5.41) is 1.05. The standard InChI is InChI=1S/C9H10ClN3S/c1-14-9-12-6-7(8(10)13-9)4-2-3-5-11/h6H,3,5,11H2,1H3. The van der Waals surface area contributed by atoms with Crippen LogP contribution in [0.25, 0.3) is 0 Å². The molecule has 0 unspecified atom stereocenters. The minimum absolute atomic E-state index is 0.397. The van der Waals surface area contributed by atoms with E-state index in [2.05, 4.69) is 21.8 Å². The molecule has 74 valence electrons. The summed E-state index contributed by atoms with van der Waals surface area (Å²) < 4.78 is 0. The first-order valence-electron chi connectivity index (χ1n) is 4.03. The molecule has 0 amide bonds. The zero-order valence-electron chi connectivity index (χ0n) is 7.75. The molecule has 0 radical (unpaired) electrons. The Morgan fingerprint density at radius 2 is 2.43 bits per heavy atom. The molecule has 2 N–H and O–H groups in total. The lowest BCUT2D eigenvalue weighted by Crippen LogP contribution is -1.95. The van der Waals surface area contributed by atoms with Crippen molar-refractivity contribution in [2.45, 2.75) is 11.6 Å². The van der Waals surface area contributed by atoms with Crippen molar-refractivity contribution >= 4 is 23.4 Å². The number of rotatable bonds is 2. The average Bonchev–Trinajstić information content (AvgIpc) is 2.20. The van der Waals surface area contributed by atoms with Gasteiger partial charge < -0.3 is 5.73 Å². The maximum Gasteiger partial charge on any atom is 0.188 e. The van der Waals surface area contributed by atoms with Crippen molar-refractivity contribution in [2.24, 2.45) is 5.73 Å². The molecular weight excluding hydrogens is 218 g/mol. The Bertz CT molecular complexity index is 370. The second-order valence-electron chi connectivity index (χ2n) is 2.40. The summed E-state index contributed by atoms with van der Waals surface area (Å²) in [5.74, 6) is 5.75. The SMILES string of the molecule is CSc1ncc(C#CCCN)c(Cl)n1. The third kappa shape index (κ3) is 3.18. The first-order valence-corrected chi connectivity index (χ1v) is 5.63. The fraction of sp³-hybridized carbons (Fsp3) is 0.333. The normalized spacial score (nSPS) is 9.36. The molecule has 1 rings (SSSR count). The average molecular weight is 228 g/mol. The van der Waals surface area contributed by atoms with E-state index in [1.54, 1.807) is 6.20 Å². The summed E-state index contributed by atoms with van der Waals surface area (Å²) in [6.07, 6.45) is 4.18. The minimum Gasteiger partial charge on any atom is -0.330 e. The molecule has 0 saturated heterocycles. The molecule has 0 aliphatic rings. The number of thioether (sulfide) groups is 1. The summed E-state index contributed by atoms with van der Waals surface area (Å²) in [5.41, 5.74) is 5.96. The van der Waals surface area contributed by atoms with E-state index in [-0.39, 0.29) is 0 Å².